The van der Waals surface area contributed by atoms with Crippen molar-refractivity contribution in [2.24, 2.45) is 0 Å². The highest BCUT2D eigenvalue weighted by atomic mass is 32.2. The van der Waals surface area contributed by atoms with Gasteiger partial charge in [0.25, 0.3) is 0 Å². The Labute approximate surface area is 272 Å². The Morgan fingerprint density at radius 3 is 2.64 bits per heavy atom. The minimum absolute atomic E-state index is 0.0155. The van der Waals surface area contributed by atoms with Crippen LogP contribution in [0.3, 0.4) is 0 Å². The first kappa shape index (κ1) is 30.3. The van der Waals surface area contributed by atoms with Gasteiger partial charge in [0.2, 0.25) is 0 Å². The van der Waals surface area contributed by atoms with Gasteiger partial charge in [-0.15, -0.1) is 6.42 Å². The maximum Gasteiger partial charge on any atom is 0.319 e. The number of phenolic OH excluding ortho intramolecular Hbond substituents is 1. The molecule has 1 aromatic heterocycles. The van der Waals surface area contributed by atoms with Gasteiger partial charge in [-0.1, -0.05) is 18.1 Å². The number of aromatic nitrogens is 2. The van der Waals surface area contributed by atoms with Crippen molar-refractivity contribution in [3.05, 3.63) is 53.8 Å². The van der Waals surface area contributed by atoms with Gasteiger partial charge < -0.3 is 14.7 Å². The summed E-state index contributed by atoms with van der Waals surface area (Å²) in [6.07, 6.45) is 9.55. The van der Waals surface area contributed by atoms with E-state index in [-0.39, 0.29) is 35.2 Å². The highest BCUT2D eigenvalue weighted by Gasteiger charge is 2.50. The average molecular weight is 659 g/mol. The van der Waals surface area contributed by atoms with Gasteiger partial charge in [-0.25, -0.2) is 17.2 Å². The molecule has 0 radical (unpaired) electrons. The van der Waals surface area contributed by atoms with Gasteiger partial charge >= 0.3 is 6.01 Å². The molecule has 47 heavy (non-hydrogen) atoms. The molecule has 4 aliphatic heterocycles. The normalized spacial score (nSPS) is 25.0. The summed E-state index contributed by atoms with van der Waals surface area (Å²) >= 11 is 0. The molecule has 4 aliphatic rings. The number of aromatic hydroxyl groups is 1. The fraction of sp³-hybridized carbons (Fsp3) is 0.444. The first-order chi connectivity index (χ1) is 22.6. The van der Waals surface area contributed by atoms with Crippen LogP contribution in [0.5, 0.6) is 11.8 Å². The largest absolute Gasteiger partial charge is 0.508 e. The number of nitrogens with zero attached hydrogens (tertiary/aromatic N) is 4. The van der Waals surface area contributed by atoms with Gasteiger partial charge in [0.15, 0.2) is 9.84 Å². The van der Waals surface area contributed by atoms with Gasteiger partial charge in [-0.3, -0.25) is 4.90 Å². The molecule has 11 heteroatoms. The average Bonchev–Trinajstić information content (AvgIpc) is 3.68. The maximum absolute atomic E-state index is 14.9. The zero-order valence-electron chi connectivity index (χ0n) is 26.0. The van der Waals surface area contributed by atoms with Crippen LogP contribution in [0.4, 0.5) is 14.6 Å². The summed E-state index contributed by atoms with van der Waals surface area (Å²) in [6.45, 7) is 2.56. The fourth-order valence-corrected chi connectivity index (χ4v) is 10.9. The van der Waals surface area contributed by atoms with E-state index >= 15 is 0 Å². The predicted octanol–water partition coefficient (Wildman–Crippen LogP) is 5.78. The summed E-state index contributed by atoms with van der Waals surface area (Å²) in [5.74, 6) is 2.86. The van der Waals surface area contributed by atoms with Crippen molar-refractivity contribution in [3.63, 3.8) is 0 Å². The number of anilines is 1. The molecule has 4 fully saturated rings. The third-order valence-electron chi connectivity index (χ3n) is 11.1. The number of terminal acetylenes is 1. The van der Waals surface area contributed by atoms with Gasteiger partial charge in [-0.05, 0) is 91.9 Å². The van der Waals surface area contributed by atoms with E-state index in [2.05, 4.69) is 15.7 Å². The summed E-state index contributed by atoms with van der Waals surface area (Å²) < 4.78 is 61.0. The van der Waals surface area contributed by atoms with E-state index < -0.39 is 26.6 Å². The molecule has 4 saturated heterocycles. The van der Waals surface area contributed by atoms with Crippen LogP contribution in [0, 0.1) is 18.2 Å². The molecule has 0 aliphatic carbocycles. The fourth-order valence-electron chi connectivity index (χ4n) is 8.65. The molecule has 2 atom stereocenters. The topological polar surface area (TPSA) is 95.9 Å². The molecule has 0 saturated carbocycles. The molecule has 1 N–H and O–H groups in total. The summed E-state index contributed by atoms with van der Waals surface area (Å²) in [4.78, 5) is 14.0. The number of piperidine rings is 1. The second kappa shape index (κ2) is 11.0. The van der Waals surface area contributed by atoms with Crippen LogP contribution in [0.1, 0.15) is 50.5 Å². The molecule has 0 bridgehead atoms. The Hall–Kier alpha value is -4.01. The standard InChI is InChI=1S/C36H36F2N4O4S/c1-2-27-30(38)8-6-24-17-26(43)19-29(32(24)27)23-5-7-28-31(18-23)39-34(46-22-35-9-3-13-42(35)21-25(37)20-35)40-33(28)41-14-11-36(12-15-41)10-4-16-47(36,44)45/h1,5-8,17-19,25,43H,3-4,9-16,20-22H2/t25-,35+/m1/s1. The zero-order chi connectivity index (χ0) is 32.6. The third-order valence-corrected chi connectivity index (χ3v) is 13.8. The van der Waals surface area contributed by atoms with Gasteiger partial charge in [-0.2, -0.15) is 9.97 Å². The molecule has 4 aromatic rings. The minimum Gasteiger partial charge on any atom is -0.508 e. The Morgan fingerprint density at radius 1 is 1.04 bits per heavy atom. The van der Waals surface area contributed by atoms with Crippen LogP contribution in [0.2, 0.25) is 0 Å². The predicted molar refractivity (Wildman–Crippen MR) is 178 cm³/mol. The Balaban J connectivity index is 1.22. The van der Waals surface area contributed by atoms with Crippen LogP contribution in [0.15, 0.2) is 42.5 Å². The highest BCUT2D eigenvalue weighted by Crippen LogP contribution is 2.44. The van der Waals surface area contributed by atoms with Crippen LogP contribution in [-0.2, 0) is 9.84 Å². The van der Waals surface area contributed by atoms with Crippen LogP contribution < -0.4 is 9.64 Å². The smallest absolute Gasteiger partial charge is 0.319 e. The summed E-state index contributed by atoms with van der Waals surface area (Å²) in [5.41, 5.74) is 1.52. The molecule has 0 amide bonds. The first-order valence-corrected chi connectivity index (χ1v) is 18.0. The van der Waals surface area contributed by atoms with E-state index in [0.29, 0.717) is 85.0 Å². The molecule has 1 spiro atoms. The van der Waals surface area contributed by atoms with Crippen molar-refractivity contribution in [2.45, 2.75) is 61.4 Å². The number of hydrogen-bond acceptors (Lipinski definition) is 8. The highest BCUT2D eigenvalue weighted by molar-refractivity contribution is 7.93. The van der Waals surface area contributed by atoms with Crippen molar-refractivity contribution < 1.29 is 27.0 Å². The lowest BCUT2D eigenvalue weighted by molar-refractivity contribution is 0.107. The summed E-state index contributed by atoms with van der Waals surface area (Å²) in [7, 11) is -3.14. The number of alkyl halides is 1. The lowest BCUT2D eigenvalue weighted by Gasteiger charge is -2.39. The first-order valence-electron chi connectivity index (χ1n) is 16.3. The third kappa shape index (κ3) is 4.91. The summed E-state index contributed by atoms with van der Waals surface area (Å²) in [5, 5.41) is 12.5. The molecule has 5 heterocycles. The molecule has 3 aromatic carbocycles. The van der Waals surface area contributed by atoms with Crippen molar-refractivity contribution in [2.75, 3.05) is 43.4 Å². The van der Waals surface area contributed by atoms with Crippen molar-refractivity contribution >= 4 is 37.3 Å². The van der Waals surface area contributed by atoms with Gasteiger partial charge in [0.1, 0.15) is 30.2 Å². The molecule has 8 rings (SSSR count). The quantitative estimate of drug-likeness (QED) is 0.270. The second-order valence-electron chi connectivity index (χ2n) is 13.7. The molecule has 8 nitrogen and oxygen atoms in total. The minimum atomic E-state index is -3.14. The van der Waals surface area contributed by atoms with Crippen LogP contribution in [0.25, 0.3) is 32.8 Å². The number of hydrogen-bond donors (Lipinski definition) is 1. The number of ether oxygens (including phenoxy) is 1. The number of rotatable bonds is 5. The monoisotopic (exact) mass is 658 g/mol. The lowest BCUT2D eigenvalue weighted by atomic mass is 9.91. The molecular weight excluding hydrogens is 622 g/mol. The number of fused-ring (bicyclic) bond motifs is 3. The second-order valence-corrected chi connectivity index (χ2v) is 16.2. The van der Waals surface area contributed by atoms with E-state index in [4.69, 9.17) is 21.1 Å². The van der Waals surface area contributed by atoms with Crippen molar-refractivity contribution in [1.82, 2.24) is 14.9 Å². The zero-order valence-corrected chi connectivity index (χ0v) is 26.8. The Kier molecular flexibility index (Phi) is 7.12. The number of benzene rings is 3. The van der Waals surface area contributed by atoms with E-state index in [1.807, 2.05) is 18.2 Å². The van der Waals surface area contributed by atoms with Gasteiger partial charge in [0, 0.05) is 36.8 Å². The van der Waals surface area contributed by atoms with Gasteiger partial charge in [0.05, 0.1) is 27.1 Å². The SMILES string of the molecule is C#Cc1c(F)ccc2cc(O)cc(-c3ccc4c(N5CCC6(CCCS6(=O)=O)CC5)nc(OC[C@@]56CCCN5C[C@H](F)C6)nc4c3)c12. The van der Waals surface area contributed by atoms with Crippen LogP contribution in [-0.4, -0.2) is 83.4 Å². The molecule has 0 unspecified atom stereocenters. The number of halogens is 2. The molecule has 244 valence electrons. The van der Waals surface area contributed by atoms with Crippen molar-refractivity contribution in [1.29, 1.82) is 0 Å². The van der Waals surface area contributed by atoms with E-state index in [1.165, 1.54) is 6.07 Å². The Bertz CT molecular complexity index is 2080. The van der Waals surface area contributed by atoms with Crippen LogP contribution >= 0.6 is 0 Å². The Morgan fingerprint density at radius 2 is 1.87 bits per heavy atom. The van der Waals surface area contributed by atoms with E-state index in [1.54, 1.807) is 18.2 Å². The van der Waals surface area contributed by atoms with E-state index in [0.717, 1.165) is 24.8 Å². The van der Waals surface area contributed by atoms with Crippen molar-refractivity contribution in [3.8, 4) is 35.2 Å². The number of phenols is 1. The lowest BCUT2D eigenvalue weighted by Crippen LogP contribution is -2.47. The summed E-state index contributed by atoms with van der Waals surface area (Å²) in [6, 6.07) is 11.8. The van der Waals surface area contributed by atoms with E-state index in [9.17, 15) is 22.3 Å². The number of sulfone groups is 1. The maximum atomic E-state index is 14.9. The molecular formula is C36H36F2N4O4S.